The Morgan fingerprint density at radius 1 is 1.39 bits per heavy atom. The molecule has 0 N–H and O–H groups in total. The maximum Gasteiger partial charge on any atom is 0.271 e. The van der Waals surface area contributed by atoms with Crippen molar-refractivity contribution in [1.29, 1.82) is 5.26 Å². The number of amides is 2. The Hall–Kier alpha value is -2.29. The minimum Gasteiger partial charge on any atom is -0.342 e. The number of hydrogen-bond acceptors (Lipinski definition) is 4. The Balaban J connectivity index is 2.73. The van der Waals surface area contributed by atoms with E-state index in [9.17, 15) is 9.59 Å². The topological polar surface area (TPSA) is 67.7 Å². The summed E-state index contributed by atoms with van der Waals surface area (Å²) in [6.07, 6.45) is 5.54. The van der Waals surface area contributed by atoms with Gasteiger partial charge >= 0.3 is 0 Å². The van der Waals surface area contributed by atoms with Gasteiger partial charge in [-0.25, -0.2) is 0 Å². The molecule has 0 aromatic carbocycles. The summed E-state index contributed by atoms with van der Waals surface area (Å²) in [5, 5.41) is 8.89. The first kappa shape index (κ1) is 13.8. The third-order valence-corrected chi connectivity index (χ3v) is 2.79. The second-order valence-corrected chi connectivity index (χ2v) is 3.76. The third kappa shape index (κ3) is 2.88. The largest absolute Gasteiger partial charge is 0.342 e. The molecule has 0 radical (unpaired) electrons. The highest BCUT2D eigenvalue weighted by molar-refractivity contribution is 5.93. The van der Waals surface area contributed by atoms with Crippen LogP contribution in [0.1, 0.15) is 6.92 Å². The predicted octanol–water partition coefficient (Wildman–Crippen LogP) is 0.117. The van der Waals surface area contributed by atoms with Crippen LogP contribution in [0.2, 0.25) is 0 Å². The van der Waals surface area contributed by atoms with E-state index >= 15 is 0 Å². The maximum atomic E-state index is 12.2. The molecule has 96 valence electrons. The number of nitrogens with zero attached hydrogens (tertiary/aromatic N) is 4. The van der Waals surface area contributed by atoms with Gasteiger partial charge in [0.15, 0.2) is 6.19 Å². The zero-order valence-electron chi connectivity index (χ0n) is 10.4. The van der Waals surface area contributed by atoms with Crippen molar-refractivity contribution >= 4 is 12.3 Å². The van der Waals surface area contributed by atoms with Crippen LogP contribution in [0.3, 0.4) is 0 Å². The molecule has 6 nitrogen and oxygen atoms in total. The fourth-order valence-corrected chi connectivity index (χ4v) is 1.75. The molecule has 0 bridgehead atoms. The van der Waals surface area contributed by atoms with E-state index in [2.05, 4.69) is 6.58 Å². The molecule has 0 spiro atoms. The van der Waals surface area contributed by atoms with Crippen molar-refractivity contribution in [2.75, 3.05) is 26.2 Å². The van der Waals surface area contributed by atoms with Crippen molar-refractivity contribution in [2.45, 2.75) is 6.92 Å². The molecule has 0 aromatic heterocycles. The number of piperazine rings is 1. The van der Waals surface area contributed by atoms with Crippen molar-refractivity contribution in [2.24, 2.45) is 0 Å². The summed E-state index contributed by atoms with van der Waals surface area (Å²) in [6.45, 7) is 7.18. The highest BCUT2D eigenvalue weighted by Gasteiger charge is 2.24. The number of rotatable bonds is 4. The molecule has 0 saturated carbocycles. The summed E-state index contributed by atoms with van der Waals surface area (Å²) in [5.41, 5.74) is 0.284. The lowest BCUT2D eigenvalue weighted by Crippen LogP contribution is -2.49. The smallest absolute Gasteiger partial charge is 0.271 e. The molecule has 1 aliphatic rings. The first-order chi connectivity index (χ1) is 8.67. The standard InChI is InChI=1S/C12H16N4O2/c1-3-11(15(4-2)9-13)12(18)16-7-5-14(10-17)6-8-16/h3-4,10H,2,5-8H2,1H3/b11-3-. The molecule has 0 unspecified atom stereocenters. The van der Waals surface area contributed by atoms with Gasteiger partial charge in [0.25, 0.3) is 5.91 Å². The molecule has 1 heterocycles. The highest BCUT2D eigenvalue weighted by atomic mass is 16.2. The van der Waals surface area contributed by atoms with Gasteiger partial charge in [-0.15, -0.1) is 0 Å². The van der Waals surface area contributed by atoms with Crippen molar-refractivity contribution in [3.05, 3.63) is 24.6 Å². The fraction of sp³-hybridized carbons (Fsp3) is 0.417. The molecule has 1 fully saturated rings. The molecule has 18 heavy (non-hydrogen) atoms. The zero-order valence-corrected chi connectivity index (χ0v) is 10.4. The lowest BCUT2D eigenvalue weighted by atomic mass is 10.2. The van der Waals surface area contributed by atoms with E-state index < -0.39 is 0 Å². The van der Waals surface area contributed by atoms with Crippen LogP contribution in [0, 0.1) is 11.5 Å². The molecule has 0 aliphatic carbocycles. The SMILES string of the molecule is C=CN(C#N)/C(=C\C)C(=O)N1CCN(C=O)CC1. The van der Waals surface area contributed by atoms with Crippen molar-refractivity contribution < 1.29 is 9.59 Å². The second-order valence-electron chi connectivity index (χ2n) is 3.76. The molecule has 1 rings (SSSR count). The molecule has 1 saturated heterocycles. The molecule has 0 aromatic rings. The van der Waals surface area contributed by atoms with Crippen molar-refractivity contribution in [3.8, 4) is 6.19 Å². The number of hydrogen-bond donors (Lipinski definition) is 0. The molecule has 6 heteroatoms. The van der Waals surface area contributed by atoms with E-state index in [4.69, 9.17) is 5.26 Å². The van der Waals surface area contributed by atoms with Crippen LogP contribution in [0.15, 0.2) is 24.6 Å². The number of allylic oxidation sites excluding steroid dienone is 1. The van der Waals surface area contributed by atoms with Gasteiger partial charge in [0, 0.05) is 32.4 Å². The summed E-state index contributed by atoms with van der Waals surface area (Å²) in [5.74, 6) is -0.218. The summed E-state index contributed by atoms with van der Waals surface area (Å²) in [7, 11) is 0. The third-order valence-electron chi connectivity index (χ3n) is 2.79. The van der Waals surface area contributed by atoms with Crippen LogP contribution in [0.4, 0.5) is 0 Å². The Morgan fingerprint density at radius 2 is 2.00 bits per heavy atom. The van der Waals surface area contributed by atoms with E-state index in [0.717, 1.165) is 11.3 Å². The Morgan fingerprint density at radius 3 is 2.39 bits per heavy atom. The van der Waals surface area contributed by atoms with Crippen LogP contribution in [-0.4, -0.2) is 53.2 Å². The molecule has 1 aliphatic heterocycles. The van der Waals surface area contributed by atoms with E-state index in [-0.39, 0.29) is 11.6 Å². The lowest BCUT2D eigenvalue weighted by Gasteiger charge is -2.33. The van der Waals surface area contributed by atoms with Gasteiger partial charge in [-0.3, -0.25) is 14.5 Å². The first-order valence-electron chi connectivity index (χ1n) is 5.64. The minimum atomic E-state index is -0.218. The van der Waals surface area contributed by atoms with Crippen LogP contribution in [0.25, 0.3) is 0 Å². The van der Waals surface area contributed by atoms with Crippen LogP contribution < -0.4 is 0 Å². The van der Waals surface area contributed by atoms with Crippen LogP contribution >= 0.6 is 0 Å². The molecular weight excluding hydrogens is 232 g/mol. The Labute approximate surface area is 106 Å². The normalized spacial score (nSPS) is 15.9. The zero-order chi connectivity index (χ0) is 13.5. The van der Waals surface area contributed by atoms with Crippen molar-refractivity contribution in [1.82, 2.24) is 14.7 Å². The van der Waals surface area contributed by atoms with Crippen LogP contribution in [0.5, 0.6) is 0 Å². The lowest BCUT2D eigenvalue weighted by molar-refractivity contribution is -0.132. The van der Waals surface area contributed by atoms with Gasteiger partial charge in [-0.05, 0) is 6.92 Å². The van der Waals surface area contributed by atoms with Gasteiger partial charge in [0.2, 0.25) is 6.41 Å². The molecule has 2 amide bonds. The number of carbonyl (C=O) groups excluding carboxylic acids is 2. The average molecular weight is 248 g/mol. The Kier molecular flexibility index (Phi) is 4.93. The van der Waals surface area contributed by atoms with Gasteiger partial charge in [0.1, 0.15) is 5.70 Å². The average Bonchev–Trinajstić information content (AvgIpc) is 2.44. The van der Waals surface area contributed by atoms with E-state index in [1.54, 1.807) is 22.8 Å². The number of nitriles is 1. The van der Waals surface area contributed by atoms with Gasteiger partial charge < -0.3 is 9.80 Å². The second kappa shape index (κ2) is 6.45. The summed E-state index contributed by atoms with van der Waals surface area (Å²) >= 11 is 0. The monoisotopic (exact) mass is 248 g/mol. The number of carbonyl (C=O) groups is 2. The fourth-order valence-electron chi connectivity index (χ4n) is 1.75. The Bertz CT molecular complexity index is 403. The quantitative estimate of drug-likeness (QED) is 0.307. The first-order valence-corrected chi connectivity index (χ1v) is 5.64. The summed E-state index contributed by atoms with van der Waals surface area (Å²) < 4.78 is 0. The summed E-state index contributed by atoms with van der Waals surface area (Å²) in [4.78, 5) is 27.1. The van der Waals surface area contributed by atoms with Gasteiger partial charge in [-0.1, -0.05) is 12.7 Å². The minimum absolute atomic E-state index is 0.218. The highest BCUT2D eigenvalue weighted by Crippen LogP contribution is 2.10. The van der Waals surface area contributed by atoms with E-state index in [1.165, 1.54) is 6.20 Å². The van der Waals surface area contributed by atoms with Gasteiger partial charge in [-0.2, -0.15) is 5.26 Å². The summed E-state index contributed by atoms with van der Waals surface area (Å²) in [6, 6.07) is 0. The van der Waals surface area contributed by atoms with E-state index in [0.29, 0.717) is 26.2 Å². The molecule has 0 atom stereocenters. The van der Waals surface area contributed by atoms with Crippen LogP contribution in [-0.2, 0) is 9.59 Å². The molecular formula is C12H16N4O2. The van der Waals surface area contributed by atoms with E-state index in [1.807, 2.05) is 6.19 Å². The van der Waals surface area contributed by atoms with Crippen molar-refractivity contribution in [3.63, 3.8) is 0 Å². The predicted molar refractivity (Wildman–Crippen MR) is 65.6 cm³/mol. The maximum absolute atomic E-state index is 12.2. The van der Waals surface area contributed by atoms with Gasteiger partial charge in [0.05, 0.1) is 0 Å².